The van der Waals surface area contributed by atoms with Crippen LogP contribution in [0.15, 0.2) is 85.2 Å². The van der Waals surface area contributed by atoms with E-state index in [4.69, 9.17) is 23.7 Å². The van der Waals surface area contributed by atoms with E-state index in [1.165, 1.54) is 14.2 Å². The molecule has 1 spiro atoms. The number of halogens is 4. The van der Waals surface area contributed by atoms with Gasteiger partial charge >= 0.3 is 11.9 Å². The third kappa shape index (κ3) is 11.4. The van der Waals surface area contributed by atoms with Gasteiger partial charge in [-0.05, 0) is 118 Å². The number of carboxylic acids is 2. The number of rotatable bonds is 16. The van der Waals surface area contributed by atoms with Crippen molar-refractivity contribution in [1.82, 2.24) is 9.97 Å². The maximum absolute atomic E-state index is 15.7. The van der Waals surface area contributed by atoms with Crippen LogP contribution in [0, 0.1) is 45.9 Å². The monoisotopic (exact) mass is 1050 g/mol. The molecule has 2 N–H and O–H groups in total. The van der Waals surface area contributed by atoms with Crippen LogP contribution >= 0.6 is 0 Å². The summed E-state index contributed by atoms with van der Waals surface area (Å²) in [7, 11) is 4.58. The van der Waals surface area contributed by atoms with Gasteiger partial charge in [0, 0.05) is 47.3 Å². The highest BCUT2D eigenvalue weighted by Gasteiger charge is 2.63. The SMILES string of the molecule is COc1cc(-c2ccc(COc3ccc4c(c3F)C([C@H](C)C(=O)O)CC4)cc2CC(C)(C)C)c(F)cn1.COc1cc(-c2ccc(COc3ccc4c(c3F)[C@@]3(CC4)C[C@@H]3C(=O)O)cc2C(OC)C(C)(C)C)c(F)cn1. The first-order chi connectivity index (χ1) is 36.0. The van der Waals surface area contributed by atoms with Crippen LogP contribution in [-0.2, 0) is 52.2 Å². The number of aliphatic carboxylic acids is 2. The predicted molar refractivity (Wildman–Crippen MR) is 280 cm³/mol. The first-order valence-electron chi connectivity index (χ1n) is 25.5. The van der Waals surface area contributed by atoms with Gasteiger partial charge in [-0.1, -0.05) is 90.9 Å². The Morgan fingerprint density at radius 3 is 1.82 bits per heavy atom. The summed E-state index contributed by atoms with van der Waals surface area (Å²) in [5.74, 6) is -4.46. The number of carboxylic acid groups (broad SMARTS) is 2. The van der Waals surface area contributed by atoms with E-state index in [1.807, 2.05) is 63.2 Å². The molecule has 3 aliphatic rings. The Hall–Kier alpha value is -7.00. The molecule has 2 heterocycles. The molecule has 76 heavy (non-hydrogen) atoms. The van der Waals surface area contributed by atoms with Gasteiger partial charge in [0.05, 0.1) is 44.6 Å². The number of carbonyl (C=O) groups is 2. The average Bonchev–Trinajstić information content (AvgIpc) is 3.80. The highest BCUT2D eigenvalue weighted by atomic mass is 19.1. The number of pyridine rings is 2. The van der Waals surface area contributed by atoms with Crippen LogP contribution in [0.4, 0.5) is 17.6 Å². The van der Waals surface area contributed by atoms with Gasteiger partial charge in [-0.3, -0.25) is 9.59 Å². The molecule has 1 saturated carbocycles. The summed E-state index contributed by atoms with van der Waals surface area (Å²) in [6, 6.07) is 21.2. The third-order valence-electron chi connectivity index (χ3n) is 15.0. The minimum atomic E-state index is -0.932. The lowest BCUT2D eigenvalue weighted by Gasteiger charge is -2.32. The molecule has 11 nitrogen and oxygen atoms in total. The zero-order valence-corrected chi connectivity index (χ0v) is 44.7. The first kappa shape index (κ1) is 55.2. The van der Waals surface area contributed by atoms with Crippen LogP contribution in [0.3, 0.4) is 0 Å². The average molecular weight is 1050 g/mol. The number of hydrogen-bond acceptors (Lipinski definition) is 9. The van der Waals surface area contributed by atoms with E-state index in [1.54, 1.807) is 44.4 Å². The molecule has 0 radical (unpaired) electrons. The fraction of sp³-hybridized carbons (Fsp3) is 0.410. The molecule has 1 fully saturated rings. The van der Waals surface area contributed by atoms with E-state index >= 15 is 8.78 Å². The minimum Gasteiger partial charge on any atom is -0.486 e. The summed E-state index contributed by atoms with van der Waals surface area (Å²) in [5, 5.41) is 19.0. The Balaban J connectivity index is 0.000000202. The summed E-state index contributed by atoms with van der Waals surface area (Å²) in [5.41, 5.74) is 7.04. The molecule has 2 aromatic heterocycles. The molecular weight excluding hydrogens is 981 g/mol. The molecule has 15 heteroatoms. The van der Waals surface area contributed by atoms with Gasteiger partial charge in [-0.2, -0.15) is 0 Å². The Labute approximate surface area is 441 Å². The number of hydrogen-bond donors (Lipinski definition) is 2. The maximum Gasteiger partial charge on any atom is 0.307 e. The number of nitrogens with zero attached hydrogens (tertiary/aromatic N) is 2. The van der Waals surface area contributed by atoms with Crippen LogP contribution in [0.25, 0.3) is 22.3 Å². The number of ether oxygens (including phenoxy) is 5. The topological polar surface area (TPSA) is 147 Å². The van der Waals surface area contributed by atoms with Gasteiger partial charge in [-0.25, -0.2) is 27.5 Å². The second-order valence-electron chi connectivity index (χ2n) is 22.5. The van der Waals surface area contributed by atoms with E-state index in [0.717, 1.165) is 51.3 Å². The van der Waals surface area contributed by atoms with Crippen LogP contribution in [-0.4, -0.2) is 53.4 Å². The quantitative estimate of drug-likeness (QED) is 0.0893. The lowest BCUT2D eigenvalue weighted by molar-refractivity contribution is -0.142. The molecule has 4 aromatic carbocycles. The second-order valence-corrected chi connectivity index (χ2v) is 22.5. The molecular formula is C61H66F4N2O9. The Morgan fingerprint density at radius 1 is 0.711 bits per heavy atom. The second kappa shape index (κ2) is 21.9. The summed E-state index contributed by atoms with van der Waals surface area (Å²) in [6.45, 7) is 14.2. The first-order valence-corrected chi connectivity index (χ1v) is 25.5. The van der Waals surface area contributed by atoms with Crippen molar-refractivity contribution in [2.45, 2.75) is 118 Å². The summed E-state index contributed by atoms with van der Waals surface area (Å²) < 4.78 is 89.0. The molecule has 402 valence electrons. The standard InChI is InChI=1S/C31H33F2NO5.C30H33F2NO4/c1-30(2,3)28(38-5)21-12-17(6-8-19(21)20-13-25(37-4)34-15-23(20)32)16-39-24-9-7-18-10-11-31(26(18)27(24)33)14-22(31)29(35)36;1-17(29(34)35)21-10-7-19-8-11-25(28(32)27(19)21)37-16-18-6-9-22(20(12-18)14-30(2,3)4)23-13-26(36-5)33-15-24(23)31/h6-9,12-13,15,22,28H,10-11,14,16H2,1-5H3,(H,35,36);6,8-9,11-13,15,17,21H,7,10,14,16H2,1-5H3,(H,34,35)/t22-,28?,31+;17-,21?/m10/s1. The molecule has 0 aliphatic heterocycles. The van der Waals surface area contributed by atoms with Crippen molar-refractivity contribution in [3.05, 3.63) is 153 Å². The molecule has 6 aromatic rings. The number of benzene rings is 4. The van der Waals surface area contributed by atoms with Crippen molar-refractivity contribution in [1.29, 1.82) is 0 Å². The van der Waals surface area contributed by atoms with Gasteiger partial charge in [0.15, 0.2) is 23.1 Å². The lowest BCUT2D eigenvalue weighted by atomic mass is 9.81. The summed E-state index contributed by atoms with van der Waals surface area (Å²) >= 11 is 0. The molecule has 9 rings (SSSR count). The Kier molecular flexibility index (Phi) is 15.9. The van der Waals surface area contributed by atoms with Crippen LogP contribution < -0.4 is 18.9 Å². The molecule has 0 saturated heterocycles. The van der Waals surface area contributed by atoms with Crippen LogP contribution in [0.5, 0.6) is 23.3 Å². The van der Waals surface area contributed by atoms with Gasteiger partial charge in [0.25, 0.3) is 0 Å². The largest absolute Gasteiger partial charge is 0.486 e. The Morgan fingerprint density at radius 2 is 1.28 bits per heavy atom. The van der Waals surface area contributed by atoms with Gasteiger partial charge in [-0.15, -0.1) is 0 Å². The highest BCUT2D eigenvalue weighted by Crippen LogP contribution is 2.63. The van der Waals surface area contributed by atoms with Gasteiger partial charge in [0.2, 0.25) is 11.8 Å². The van der Waals surface area contributed by atoms with Crippen molar-refractivity contribution < 1.29 is 61.0 Å². The van der Waals surface area contributed by atoms with E-state index in [9.17, 15) is 28.6 Å². The van der Waals surface area contributed by atoms with E-state index in [2.05, 4.69) is 30.7 Å². The van der Waals surface area contributed by atoms with Crippen molar-refractivity contribution in [3.8, 4) is 45.5 Å². The number of fused-ring (bicyclic) bond motifs is 3. The highest BCUT2D eigenvalue weighted by molar-refractivity contribution is 5.78. The number of aromatic nitrogens is 2. The molecule has 3 aliphatic carbocycles. The lowest BCUT2D eigenvalue weighted by Crippen LogP contribution is -2.21. The zero-order chi connectivity index (χ0) is 55.0. The molecule has 2 unspecified atom stereocenters. The fourth-order valence-electron chi connectivity index (χ4n) is 11.2. The molecule has 0 bridgehead atoms. The number of methoxy groups -OCH3 is 3. The van der Waals surface area contributed by atoms with Crippen molar-refractivity contribution >= 4 is 11.9 Å². The van der Waals surface area contributed by atoms with Gasteiger partial charge < -0.3 is 33.9 Å². The van der Waals surface area contributed by atoms with Crippen molar-refractivity contribution in [2.75, 3.05) is 21.3 Å². The summed E-state index contributed by atoms with van der Waals surface area (Å²) in [6.07, 6.45) is 5.62. The minimum absolute atomic E-state index is 0.0657. The third-order valence-corrected chi connectivity index (χ3v) is 15.0. The maximum atomic E-state index is 15.7. The smallest absolute Gasteiger partial charge is 0.307 e. The normalized spacial score (nSPS) is 18.2. The number of aryl methyl sites for hydroxylation is 2. The zero-order valence-electron chi connectivity index (χ0n) is 44.7. The summed E-state index contributed by atoms with van der Waals surface area (Å²) in [4.78, 5) is 31.0. The van der Waals surface area contributed by atoms with E-state index in [-0.39, 0.29) is 47.6 Å². The Bertz CT molecular complexity index is 3170. The van der Waals surface area contributed by atoms with Crippen LogP contribution in [0.2, 0.25) is 0 Å². The van der Waals surface area contributed by atoms with Gasteiger partial charge in [0.1, 0.15) is 24.8 Å². The molecule has 5 atom stereocenters. The van der Waals surface area contributed by atoms with E-state index < -0.39 is 52.5 Å². The predicted octanol–water partition coefficient (Wildman–Crippen LogP) is 13.6. The van der Waals surface area contributed by atoms with Crippen molar-refractivity contribution in [2.24, 2.45) is 22.7 Å². The van der Waals surface area contributed by atoms with Crippen LogP contribution in [0.1, 0.15) is 124 Å². The van der Waals surface area contributed by atoms with E-state index in [0.29, 0.717) is 78.1 Å². The fourth-order valence-corrected chi connectivity index (χ4v) is 11.2. The van der Waals surface area contributed by atoms with Crippen molar-refractivity contribution in [3.63, 3.8) is 0 Å². The molecule has 0 amide bonds.